The standard InChI is InChI=1S/C10H14N2O2S/c1-15-5-4-12-9-3-2-7(11)6-8(9)10(13)14/h2-3,6,12H,4-5,11H2,1H3,(H,13,14). The van der Waals surface area contributed by atoms with Crippen molar-refractivity contribution >= 4 is 29.1 Å². The second-order valence-electron chi connectivity index (χ2n) is 3.03. The third-order valence-corrected chi connectivity index (χ3v) is 2.51. The van der Waals surface area contributed by atoms with Crippen molar-refractivity contribution in [2.24, 2.45) is 0 Å². The lowest BCUT2D eigenvalue weighted by atomic mass is 10.1. The number of nitrogen functional groups attached to an aromatic ring is 1. The van der Waals surface area contributed by atoms with E-state index in [1.807, 2.05) is 6.26 Å². The Morgan fingerprint density at radius 3 is 2.93 bits per heavy atom. The minimum atomic E-state index is -0.964. The Labute approximate surface area is 92.9 Å². The highest BCUT2D eigenvalue weighted by Gasteiger charge is 2.09. The molecule has 0 atom stereocenters. The minimum absolute atomic E-state index is 0.219. The van der Waals surface area contributed by atoms with Gasteiger partial charge in [0, 0.05) is 23.7 Å². The zero-order valence-electron chi connectivity index (χ0n) is 8.49. The second kappa shape index (κ2) is 5.50. The summed E-state index contributed by atoms with van der Waals surface area (Å²) in [6.45, 7) is 0.741. The first-order chi connectivity index (χ1) is 7.15. The van der Waals surface area contributed by atoms with Gasteiger partial charge in [0.05, 0.1) is 5.56 Å². The van der Waals surface area contributed by atoms with Gasteiger partial charge in [0.2, 0.25) is 0 Å². The molecule has 0 radical (unpaired) electrons. The Balaban J connectivity index is 2.81. The van der Waals surface area contributed by atoms with Gasteiger partial charge in [-0.05, 0) is 24.5 Å². The van der Waals surface area contributed by atoms with Gasteiger partial charge in [0.15, 0.2) is 0 Å². The van der Waals surface area contributed by atoms with Gasteiger partial charge in [0.1, 0.15) is 0 Å². The van der Waals surface area contributed by atoms with Crippen LogP contribution in [-0.2, 0) is 0 Å². The highest BCUT2D eigenvalue weighted by Crippen LogP contribution is 2.18. The van der Waals surface area contributed by atoms with Crippen LogP contribution >= 0.6 is 11.8 Å². The maximum absolute atomic E-state index is 10.9. The molecule has 0 saturated heterocycles. The van der Waals surface area contributed by atoms with E-state index in [1.54, 1.807) is 23.9 Å². The van der Waals surface area contributed by atoms with Gasteiger partial charge in [-0.2, -0.15) is 11.8 Å². The number of anilines is 2. The predicted octanol–water partition coefficient (Wildman–Crippen LogP) is 1.74. The summed E-state index contributed by atoms with van der Waals surface area (Å²) in [5, 5.41) is 12.0. The van der Waals surface area contributed by atoms with E-state index in [1.165, 1.54) is 6.07 Å². The molecule has 0 fully saturated rings. The summed E-state index contributed by atoms with van der Waals surface area (Å²) in [5.74, 6) is -0.0300. The largest absolute Gasteiger partial charge is 0.478 e. The van der Waals surface area contributed by atoms with E-state index in [4.69, 9.17) is 10.8 Å². The molecule has 82 valence electrons. The Hall–Kier alpha value is -1.36. The maximum Gasteiger partial charge on any atom is 0.337 e. The molecule has 0 aliphatic heterocycles. The highest BCUT2D eigenvalue weighted by molar-refractivity contribution is 7.98. The van der Waals surface area contributed by atoms with Crippen LogP contribution in [-0.4, -0.2) is 29.6 Å². The fraction of sp³-hybridized carbons (Fsp3) is 0.300. The van der Waals surface area contributed by atoms with Crippen LogP contribution in [0, 0.1) is 0 Å². The quantitative estimate of drug-likeness (QED) is 0.526. The molecular weight excluding hydrogens is 212 g/mol. The van der Waals surface area contributed by atoms with Crippen molar-refractivity contribution in [3.63, 3.8) is 0 Å². The number of nitrogens with one attached hydrogen (secondary N) is 1. The lowest BCUT2D eigenvalue weighted by molar-refractivity contribution is 0.0698. The van der Waals surface area contributed by atoms with Crippen LogP contribution in [0.4, 0.5) is 11.4 Å². The summed E-state index contributed by atoms with van der Waals surface area (Å²) in [6, 6.07) is 4.84. The number of thioether (sulfide) groups is 1. The van der Waals surface area contributed by atoms with Crippen molar-refractivity contribution in [3.8, 4) is 0 Å². The first-order valence-corrected chi connectivity index (χ1v) is 5.90. The number of carboxylic acid groups (broad SMARTS) is 1. The fourth-order valence-electron chi connectivity index (χ4n) is 1.18. The van der Waals surface area contributed by atoms with Gasteiger partial charge in [-0.1, -0.05) is 0 Å². The van der Waals surface area contributed by atoms with Crippen LogP contribution in [0.15, 0.2) is 18.2 Å². The van der Waals surface area contributed by atoms with Gasteiger partial charge in [-0.3, -0.25) is 0 Å². The molecule has 0 heterocycles. The Morgan fingerprint density at radius 2 is 2.33 bits per heavy atom. The SMILES string of the molecule is CSCCNc1ccc(N)cc1C(=O)O. The molecule has 0 spiro atoms. The Bertz CT molecular complexity index is 355. The summed E-state index contributed by atoms with van der Waals surface area (Å²) < 4.78 is 0. The average Bonchev–Trinajstić information content (AvgIpc) is 2.20. The molecule has 15 heavy (non-hydrogen) atoms. The number of hydrogen-bond donors (Lipinski definition) is 3. The maximum atomic E-state index is 10.9. The van der Waals surface area contributed by atoms with Gasteiger partial charge < -0.3 is 16.2 Å². The lowest BCUT2D eigenvalue weighted by Gasteiger charge is -2.09. The Kier molecular flexibility index (Phi) is 4.30. The number of carboxylic acids is 1. The van der Waals surface area contributed by atoms with Crippen molar-refractivity contribution in [1.29, 1.82) is 0 Å². The molecule has 1 rings (SSSR count). The predicted molar refractivity (Wildman–Crippen MR) is 64.7 cm³/mol. The van der Waals surface area contributed by atoms with E-state index in [0.717, 1.165) is 12.3 Å². The van der Waals surface area contributed by atoms with Gasteiger partial charge in [-0.15, -0.1) is 0 Å². The van der Waals surface area contributed by atoms with Crippen molar-refractivity contribution in [2.45, 2.75) is 0 Å². The molecule has 0 saturated carbocycles. The second-order valence-corrected chi connectivity index (χ2v) is 4.02. The first kappa shape index (κ1) is 11.7. The number of benzene rings is 1. The average molecular weight is 226 g/mol. The molecule has 4 N–H and O–H groups in total. The highest BCUT2D eigenvalue weighted by atomic mass is 32.2. The van der Waals surface area contributed by atoms with Gasteiger partial charge in [-0.25, -0.2) is 4.79 Å². The molecule has 0 amide bonds. The molecule has 0 bridgehead atoms. The third kappa shape index (κ3) is 3.36. The molecule has 0 aromatic heterocycles. The van der Waals surface area contributed by atoms with E-state index in [0.29, 0.717) is 11.4 Å². The molecular formula is C10H14N2O2S. The lowest BCUT2D eigenvalue weighted by Crippen LogP contribution is -2.09. The zero-order chi connectivity index (χ0) is 11.3. The topological polar surface area (TPSA) is 75.3 Å². The molecule has 0 aliphatic rings. The van der Waals surface area contributed by atoms with E-state index < -0.39 is 5.97 Å². The summed E-state index contributed by atoms with van der Waals surface area (Å²) in [4.78, 5) is 10.9. The number of nitrogens with two attached hydrogens (primary N) is 1. The van der Waals surface area contributed by atoms with Crippen LogP contribution < -0.4 is 11.1 Å². The van der Waals surface area contributed by atoms with Crippen LogP contribution in [0.1, 0.15) is 10.4 Å². The number of carbonyl (C=O) groups is 1. The van der Waals surface area contributed by atoms with E-state index in [2.05, 4.69) is 5.32 Å². The number of aromatic carboxylic acids is 1. The molecule has 0 unspecified atom stereocenters. The molecule has 0 aliphatic carbocycles. The van der Waals surface area contributed by atoms with Crippen LogP contribution in [0.5, 0.6) is 0 Å². The van der Waals surface area contributed by atoms with Crippen LogP contribution in [0.25, 0.3) is 0 Å². The molecule has 4 nitrogen and oxygen atoms in total. The first-order valence-electron chi connectivity index (χ1n) is 4.50. The summed E-state index contributed by atoms with van der Waals surface area (Å²) >= 11 is 1.70. The van der Waals surface area contributed by atoms with Crippen molar-refractivity contribution in [3.05, 3.63) is 23.8 Å². The van der Waals surface area contributed by atoms with E-state index in [9.17, 15) is 4.79 Å². The van der Waals surface area contributed by atoms with E-state index >= 15 is 0 Å². The third-order valence-electron chi connectivity index (χ3n) is 1.90. The molecule has 1 aromatic carbocycles. The van der Waals surface area contributed by atoms with Crippen LogP contribution in [0.3, 0.4) is 0 Å². The smallest absolute Gasteiger partial charge is 0.337 e. The monoisotopic (exact) mass is 226 g/mol. The van der Waals surface area contributed by atoms with Crippen molar-refractivity contribution in [2.75, 3.05) is 29.6 Å². The van der Waals surface area contributed by atoms with Gasteiger partial charge in [0.25, 0.3) is 0 Å². The minimum Gasteiger partial charge on any atom is -0.478 e. The van der Waals surface area contributed by atoms with Gasteiger partial charge >= 0.3 is 5.97 Å². The van der Waals surface area contributed by atoms with Crippen molar-refractivity contribution in [1.82, 2.24) is 0 Å². The summed E-state index contributed by atoms with van der Waals surface area (Å²) in [5.41, 5.74) is 6.82. The summed E-state index contributed by atoms with van der Waals surface area (Å²) in [7, 11) is 0. The van der Waals surface area contributed by atoms with Crippen molar-refractivity contribution < 1.29 is 9.90 Å². The zero-order valence-corrected chi connectivity index (χ0v) is 9.30. The Morgan fingerprint density at radius 1 is 1.60 bits per heavy atom. The van der Waals surface area contributed by atoms with Crippen LogP contribution in [0.2, 0.25) is 0 Å². The molecule has 1 aromatic rings. The normalized spacial score (nSPS) is 9.93. The van der Waals surface area contributed by atoms with E-state index in [-0.39, 0.29) is 5.56 Å². The number of hydrogen-bond acceptors (Lipinski definition) is 4. The molecule has 5 heteroatoms. The summed E-state index contributed by atoms with van der Waals surface area (Å²) in [6.07, 6.45) is 2.00. The number of rotatable bonds is 5. The fourth-order valence-corrected chi connectivity index (χ4v) is 1.49.